The zero-order chi connectivity index (χ0) is 13.5. The van der Waals surface area contributed by atoms with Crippen LogP contribution in [-0.2, 0) is 6.42 Å². The van der Waals surface area contributed by atoms with E-state index in [1.165, 1.54) is 5.56 Å². The molecule has 0 saturated carbocycles. The third-order valence-corrected chi connectivity index (χ3v) is 4.42. The molecule has 19 heavy (non-hydrogen) atoms. The van der Waals surface area contributed by atoms with Crippen molar-refractivity contribution in [3.05, 3.63) is 59.4 Å². The van der Waals surface area contributed by atoms with Crippen molar-refractivity contribution >= 4 is 23.4 Å². The second kappa shape index (κ2) is 7.50. The molecule has 0 saturated heterocycles. The maximum atomic E-state index is 6.13. The fraction of sp³-hybridized carbons (Fsp3) is 0.214. The summed E-state index contributed by atoms with van der Waals surface area (Å²) in [4.78, 5) is 5.09. The van der Waals surface area contributed by atoms with Crippen LogP contribution >= 0.6 is 23.4 Å². The first-order valence-electron chi connectivity index (χ1n) is 6.02. The van der Waals surface area contributed by atoms with Gasteiger partial charge in [-0.3, -0.25) is 16.3 Å². The summed E-state index contributed by atoms with van der Waals surface area (Å²) in [6.07, 6.45) is 4.46. The van der Waals surface area contributed by atoms with E-state index in [1.807, 2.05) is 36.4 Å². The highest BCUT2D eigenvalue weighted by Gasteiger charge is 2.09. The van der Waals surface area contributed by atoms with Crippen molar-refractivity contribution < 1.29 is 0 Å². The molecular weight excluding hydrogens is 278 g/mol. The number of aromatic nitrogens is 1. The predicted octanol–water partition coefficient (Wildman–Crippen LogP) is 2.90. The molecule has 0 fully saturated rings. The minimum absolute atomic E-state index is 0.198. The zero-order valence-electron chi connectivity index (χ0n) is 10.4. The topological polar surface area (TPSA) is 50.9 Å². The van der Waals surface area contributed by atoms with Crippen LogP contribution in [0.3, 0.4) is 0 Å². The van der Waals surface area contributed by atoms with Crippen molar-refractivity contribution in [1.82, 2.24) is 10.4 Å². The number of hydrogen-bond donors (Lipinski definition) is 2. The van der Waals surface area contributed by atoms with Crippen LogP contribution in [-0.4, -0.2) is 16.8 Å². The number of hydrazine groups is 1. The van der Waals surface area contributed by atoms with Gasteiger partial charge in [0.25, 0.3) is 0 Å². The maximum Gasteiger partial charge on any atom is 0.0541 e. The number of hydrogen-bond acceptors (Lipinski definition) is 4. The normalized spacial score (nSPS) is 12.3. The van der Waals surface area contributed by atoms with Crippen LogP contribution in [0.2, 0.25) is 5.02 Å². The van der Waals surface area contributed by atoms with Crippen LogP contribution in [0.5, 0.6) is 0 Å². The number of rotatable bonds is 6. The zero-order valence-corrected chi connectivity index (χ0v) is 12.0. The average molecular weight is 294 g/mol. The quantitative estimate of drug-likeness (QED) is 0.488. The Morgan fingerprint density at radius 1 is 1.21 bits per heavy atom. The molecule has 1 aromatic heterocycles. The molecule has 0 aliphatic rings. The molecule has 2 rings (SSSR count). The molecule has 1 unspecified atom stereocenters. The Kier molecular flexibility index (Phi) is 5.66. The minimum Gasteiger partial charge on any atom is -0.271 e. The molecule has 100 valence electrons. The van der Waals surface area contributed by atoms with Crippen LogP contribution in [0.25, 0.3) is 0 Å². The van der Waals surface area contributed by atoms with Gasteiger partial charge < -0.3 is 0 Å². The molecule has 0 spiro atoms. The van der Waals surface area contributed by atoms with Gasteiger partial charge in [-0.2, -0.15) is 0 Å². The third kappa shape index (κ3) is 4.51. The molecule has 0 bridgehead atoms. The minimum atomic E-state index is 0.198. The van der Waals surface area contributed by atoms with Gasteiger partial charge in [0.15, 0.2) is 0 Å². The molecule has 0 aliphatic carbocycles. The van der Waals surface area contributed by atoms with E-state index in [1.54, 1.807) is 24.2 Å². The van der Waals surface area contributed by atoms with E-state index in [9.17, 15) is 0 Å². The van der Waals surface area contributed by atoms with E-state index in [0.717, 1.165) is 22.1 Å². The lowest BCUT2D eigenvalue weighted by atomic mass is 10.1. The van der Waals surface area contributed by atoms with Crippen LogP contribution in [0.15, 0.2) is 53.7 Å². The van der Waals surface area contributed by atoms with Gasteiger partial charge in [0, 0.05) is 29.1 Å². The molecule has 5 heteroatoms. The average Bonchev–Trinajstić information content (AvgIpc) is 2.46. The van der Waals surface area contributed by atoms with Gasteiger partial charge in [-0.25, -0.2) is 0 Å². The first-order valence-corrected chi connectivity index (χ1v) is 7.38. The number of pyridine rings is 1. The highest BCUT2D eigenvalue weighted by atomic mass is 35.5. The molecule has 0 radical (unpaired) electrons. The highest BCUT2D eigenvalue weighted by molar-refractivity contribution is 7.99. The number of thioether (sulfide) groups is 1. The summed E-state index contributed by atoms with van der Waals surface area (Å²) in [5, 5.41) is 0.784. The number of halogens is 1. The second-order valence-corrected chi connectivity index (χ2v) is 5.63. The molecular formula is C14H16ClN3S. The van der Waals surface area contributed by atoms with E-state index in [-0.39, 0.29) is 6.04 Å². The van der Waals surface area contributed by atoms with Crippen molar-refractivity contribution in [1.29, 1.82) is 0 Å². The van der Waals surface area contributed by atoms with Crippen molar-refractivity contribution in [3.8, 4) is 0 Å². The number of benzene rings is 1. The molecule has 0 aliphatic heterocycles. The Labute approximate surface area is 122 Å². The third-order valence-electron chi connectivity index (χ3n) is 2.74. The molecule has 3 nitrogen and oxygen atoms in total. The van der Waals surface area contributed by atoms with Gasteiger partial charge in [0.2, 0.25) is 0 Å². The lowest BCUT2D eigenvalue weighted by Gasteiger charge is -2.15. The Morgan fingerprint density at radius 2 is 1.95 bits per heavy atom. The fourth-order valence-electron chi connectivity index (χ4n) is 1.72. The van der Waals surface area contributed by atoms with Gasteiger partial charge in [-0.15, -0.1) is 11.8 Å². The molecule has 2 aromatic rings. The van der Waals surface area contributed by atoms with Gasteiger partial charge >= 0.3 is 0 Å². The smallest absolute Gasteiger partial charge is 0.0541 e. The summed E-state index contributed by atoms with van der Waals surface area (Å²) in [6, 6.07) is 12.0. The van der Waals surface area contributed by atoms with Crippen LogP contribution in [0.1, 0.15) is 5.56 Å². The SMILES string of the molecule is NNC(CSc1ccccc1Cl)Cc1ccncc1. The van der Waals surface area contributed by atoms with E-state index in [0.29, 0.717) is 0 Å². The van der Waals surface area contributed by atoms with Crippen LogP contribution < -0.4 is 11.3 Å². The monoisotopic (exact) mass is 293 g/mol. The Balaban J connectivity index is 1.91. The Hall–Kier alpha value is -1.07. The standard InChI is InChI=1S/C14H16ClN3S/c15-13-3-1-2-4-14(13)19-10-12(18-16)9-11-5-7-17-8-6-11/h1-8,12,18H,9-10,16H2. The summed E-state index contributed by atoms with van der Waals surface area (Å²) in [5.74, 6) is 6.47. The van der Waals surface area contributed by atoms with Gasteiger partial charge in [0.1, 0.15) is 0 Å². The largest absolute Gasteiger partial charge is 0.271 e. The van der Waals surface area contributed by atoms with E-state index in [4.69, 9.17) is 17.4 Å². The number of nitrogens with zero attached hydrogens (tertiary/aromatic N) is 1. The first kappa shape index (κ1) is 14.3. The van der Waals surface area contributed by atoms with Gasteiger partial charge in [0.05, 0.1) is 5.02 Å². The summed E-state index contributed by atoms with van der Waals surface area (Å²) in [7, 11) is 0. The molecule has 1 aromatic carbocycles. The van der Waals surface area contributed by atoms with Gasteiger partial charge in [-0.1, -0.05) is 23.7 Å². The van der Waals surface area contributed by atoms with Crippen LogP contribution in [0.4, 0.5) is 0 Å². The summed E-state index contributed by atoms with van der Waals surface area (Å²) in [6.45, 7) is 0. The van der Waals surface area contributed by atoms with Gasteiger partial charge in [-0.05, 0) is 36.2 Å². The summed E-state index contributed by atoms with van der Waals surface area (Å²) >= 11 is 7.84. The van der Waals surface area contributed by atoms with Crippen molar-refractivity contribution in [3.63, 3.8) is 0 Å². The lowest BCUT2D eigenvalue weighted by molar-refractivity contribution is 0.575. The van der Waals surface area contributed by atoms with E-state index in [2.05, 4.69) is 10.4 Å². The predicted molar refractivity (Wildman–Crippen MR) is 81.2 cm³/mol. The lowest BCUT2D eigenvalue weighted by Crippen LogP contribution is -2.38. The fourth-order valence-corrected chi connectivity index (χ4v) is 3.00. The van der Waals surface area contributed by atoms with Crippen molar-refractivity contribution in [2.75, 3.05) is 5.75 Å². The maximum absolute atomic E-state index is 6.13. The highest BCUT2D eigenvalue weighted by Crippen LogP contribution is 2.27. The molecule has 1 atom stereocenters. The van der Waals surface area contributed by atoms with Crippen molar-refractivity contribution in [2.45, 2.75) is 17.4 Å². The first-order chi connectivity index (χ1) is 9.29. The second-order valence-electron chi connectivity index (χ2n) is 4.16. The Bertz CT molecular complexity index is 507. The number of nitrogens with two attached hydrogens (primary N) is 1. The molecule has 0 amide bonds. The molecule has 3 N–H and O–H groups in total. The summed E-state index contributed by atoms with van der Waals surface area (Å²) < 4.78 is 0. The van der Waals surface area contributed by atoms with Crippen molar-refractivity contribution in [2.24, 2.45) is 5.84 Å². The number of nitrogens with one attached hydrogen (secondary N) is 1. The molecule has 1 heterocycles. The summed E-state index contributed by atoms with van der Waals surface area (Å²) in [5.41, 5.74) is 4.08. The van der Waals surface area contributed by atoms with Crippen LogP contribution in [0, 0.1) is 0 Å². The van der Waals surface area contributed by atoms with E-state index >= 15 is 0 Å². The van der Waals surface area contributed by atoms with E-state index < -0.39 is 0 Å². The Morgan fingerprint density at radius 3 is 2.63 bits per heavy atom.